The molecule has 1 heterocycles. The van der Waals surface area contributed by atoms with E-state index in [1.807, 2.05) is 36.4 Å². The Kier molecular flexibility index (Phi) is 8.04. The highest BCUT2D eigenvalue weighted by Crippen LogP contribution is 2.42. The van der Waals surface area contributed by atoms with Crippen molar-refractivity contribution in [1.29, 1.82) is 5.26 Å². The first-order chi connectivity index (χ1) is 18.5. The molecule has 0 atom stereocenters. The lowest BCUT2D eigenvalue weighted by atomic mass is 9.89. The van der Waals surface area contributed by atoms with Gasteiger partial charge in [-0.1, -0.05) is 54.6 Å². The number of thiophene rings is 1. The minimum atomic E-state index is 0.351. The maximum absolute atomic E-state index is 9.39. The number of hydrogen-bond donors (Lipinski definition) is 1. The second-order valence-corrected chi connectivity index (χ2v) is 11.3. The summed E-state index contributed by atoms with van der Waals surface area (Å²) in [5.74, 6) is 0.842. The summed E-state index contributed by atoms with van der Waals surface area (Å²) >= 11 is 8.64. The van der Waals surface area contributed by atoms with Crippen LogP contribution in [0.15, 0.2) is 73.3 Å². The van der Waals surface area contributed by atoms with Crippen molar-refractivity contribution in [1.82, 2.24) is 10.2 Å². The van der Waals surface area contributed by atoms with Crippen LogP contribution in [0.2, 0.25) is 5.02 Å². The van der Waals surface area contributed by atoms with E-state index in [1.54, 1.807) is 18.4 Å². The Balaban J connectivity index is 1.53. The van der Waals surface area contributed by atoms with Gasteiger partial charge in [0.2, 0.25) is 0 Å². The fourth-order valence-corrected chi connectivity index (χ4v) is 7.01. The van der Waals surface area contributed by atoms with Gasteiger partial charge in [0, 0.05) is 40.0 Å². The molecule has 1 N–H and O–H groups in total. The summed E-state index contributed by atoms with van der Waals surface area (Å²) in [6.45, 7) is 5.27. The monoisotopic (exact) mass is 541 g/mol. The zero-order valence-corrected chi connectivity index (χ0v) is 23.4. The van der Waals surface area contributed by atoms with Crippen molar-refractivity contribution in [2.24, 2.45) is 0 Å². The van der Waals surface area contributed by atoms with Gasteiger partial charge < -0.3 is 15.0 Å². The predicted octanol–water partition coefficient (Wildman–Crippen LogP) is 8.11. The lowest BCUT2D eigenvalue weighted by molar-refractivity contribution is 0.203. The third-order valence-corrected chi connectivity index (χ3v) is 9.36. The number of nitrogens with one attached hydrogen (secondary N) is 1. The fourth-order valence-electron chi connectivity index (χ4n) is 5.48. The van der Waals surface area contributed by atoms with Gasteiger partial charge in [-0.2, -0.15) is 5.26 Å². The largest absolute Gasteiger partial charge is 0.496 e. The number of benzene rings is 3. The Morgan fingerprint density at radius 1 is 1.08 bits per heavy atom. The van der Waals surface area contributed by atoms with Crippen molar-refractivity contribution in [2.75, 3.05) is 14.2 Å². The molecule has 1 aliphatic rings. The third-order valence-electron chi connectivity index (χ3n) is 7.64. The van der Waals surface area contributed by atoms with E-state index in [0.29, 0.717) is 24.2 Å². The summed E-state index contributed by atoms with van der Waals surface area (Å²) in [6, 6.07) is 25.4. The van der Waals surface area contributed by atoms with Gasteiger partial charge in [0.1, 0.15) is 5.75 Å². The Morgan fingerprint density at radius 3 is 2.55 bits per heavy atom. The second kappa shape index (κ2) is 11.6. The molecule has 1 fully saturated rings. The lowest BCUT2D eigenvalue weighted by Crippen LogP contribution is -2.40. The Bertz CT molecular complexity index is 1500. The molecule has 4 nitrogen and oxygen atoms in total. The first kappa shape index (κ1) is 26.3. The maximum atomic E-state index is 9.39. The van der Waals surface area contributed by atoms with Crippen molar-refractivity contribution >= 4 is 38.7 Å². The van der Waals surface area contributed by atoms with E-state index in [2.05, 4.69) is 60.2 Å². The summed E-state index contributed by atoms with van der Waals surface area (Å²) in [6.07, 6.45) is 4.42. The summed E-state index contributed by atoms with van der Waals surface area (Å²) in [5, 5.41) is 14.7. The van der Waals surface area contributed by atoms with E-state index in [-0.39, 0.29) is 0 Å². The molecule has 3 aromatic carbocycles. The van der Waals surface area contributed by atoms with Crippen molar-refractivity contribution in [2.45, 2.75) is 44.3 Å². The van der Waals surface area contributed by atoms with Gasteiger partial charge in [0.25, 0.3) is 0 Å². The molecule has 1 aliphatic carbocycles. The molecule has 0 saturated heterocycles. The SMILES string of the molecule is C=C(c1sc2ccccc2c1Cl)N(Cc1cc(-c2cccc(C#N)c2)ccc1OC)C1CCC(NC)CC1. The lowest BCUT2D eigenvalue weighted by Gasteiger charge is -2.39. The standard InChI is InChI=1S/C32H32ClN3OS/c1-21(32-31(33)28-9-4-5-10-30(28)38-32)36(27-14-12-26(35-2)13-15-27)20-25-18-24(11-16-29(25)37-3)23-8-6-7-22(17-23)19-34/h4-11,16-18,26-27,35H,1,12-15,20H2,2-3H3. The fraction of sp³-hybridized carbons (Fsp3) is 0.281. The number of nitrogens with zero attached hydrogens (tertiary/aromatic N) is 2. The summed E-state index contributed by atoms with van der Waals surface area (Å²) in [4.78, 5) is 3.47. The molecule has 0 bridgehead atoms. The van der Waals surface area contributed by atoms with E-state index in [0.717, 1.165) is 69.1 Å². The van der Waals surface area contributed by atoms with Crippen LogP contribution in [0.4, 0.5) is 0 Å². The van der Waals surface area contributed by atoms with Gasteiger partial charge in [-0.25, -0.2) is 0 Å². The van der Waals surface area contributed by atoms with E-state index in [4.69, 9.17) is 16.3 Å². The number of fused-ring (bicyclic) bond motifs is 1. The molecule has 194 valence electrons. The molecule has 0 radical (unpaired) electrons. The average molecular weight is 542 g/mol. The van der Waals surface area contributed by atoms with Gasteiger partial charge in [0.05, 0.1) is 28.6 Å². The zero-order chi connectivity index (χ0) is 26.6. The molecule has 38 heavy (non-hydrogen) atoms. The van der Waals surface area contributed by atoms with Crippen molar-refractivity contribution in [3.05, 3.63) is 94.3 Å². The molecule has 0 amide bonds. The van der Waals surface area contributed by atoms with Gasteiger partial charge in [-0.15, -0.1) is 11.3 Å². The number of ether oxygens (including phenoxy) is 1. The van der Waals surface area contributed by atoms with E-state index in [1.165, 1.54) is 4.70 Å². The minimum Gasteiger partial charge on any atom is -0.496 e. The Morgan fingerprint density at radius 2 is 1.84 bits per heavy atom. The molecule has 0 spiro atoms. The molecule has 1 aromatic heterocycles. The van der Waals surface area contributed by atoms with Crippen LogP contribution >= 0.6 is 22.9 Å². The number of methoxy groups -OCH3 is 1. The van der Waals surface area contributed by atoms with Gasteiger partial charge in [0.15, 0.2) is 0 Å². The van der Waals surface area contributed by atoms with Crippen LogP contribution in [0.5, 0.6) is 5.75 Å². The third kappa shape index (κ3) is 5.31. The van der Waals surface area contributed by atoms with Crippen molar-refractivity contribution in [3.63, 3.8) is 0 Å². The number of nitriles is 1. The molecule has 0 aliphatic heterocycles. The molecule has 4 aromatic rings. The summed E-state index contributed by atoms with van der Waals surface area (Å²) in [5.41, 5.74) is 4.77. The second-order valence-electron chi connectivity index (χ2n) is 9.83. The Hall–Kier alpha value is -3.30. The van der Waals surface area contributed by atoms with E-state index >= 15 is 0 Å². The predicted molar refractivity (Wildman–Crippen MR) is 160 cm³/mol. The van der Waals surface area contributed by atoms with Crippen molar-refractivity contribution in [3.8, 4) is 22.9 Å². The molecular formula is C32H32ClN3OS. The van der Waals surface area contributed by atoms with Crippen LogP contribution < -0.4 is 10.1 Å². The normalized spacial score (nSPS) is 17.2. The topological polar surface area (TPSA) is 48.3 Å². The summed E-state index contributed by atoms with van der Waals surface area (Å²) < 4.78 is 6.99. The number of halogens is 1. The van der Waals surface area contributed by atoms with Crippen LogP contribution in [-0.2, 0) is 6.54 Å². The van der Waals surface area contributed by atoms with Crippen LogP contribution in [-0.4, -0.2) is 31.1 Å². The Labute approximate surface area is 234 Å². The van der Waals surface area contributed by atoms with Crippen LogP contribution in [0.1, 0.15) is 41.7 Å². The van der Waals surface area contributed by atoms with Gasteiger partial charge in [-0.3, -0.25) is 0 Å². The summed E-state index contributed by atoms with van der Waals surface area (Å²) in [7, 11) is 3.77. The highest BCUT2D eigenvalue weighted by molar-refractivity contribution is 7.20. The molecule has 6 heteroatoms. The number of rotatable bonds is 8. The van der Waals surface area contributed by atoms with Crippen LogP contribution in [0.25, 0.3) is 26.9 Å². The number of hydrogen-bond acceptors (Lipinski definition) is 5. The van der Waals surface area contributed by atoms with E-state index in [9.17, 15) is 5.26 Å². The molecule has 0 unspecified atom stereocenters. The molecule has 1 saturated carbocycles. The highest BCUT2D eigenvalue weighted by atomic mass is 35.5. The average Bonchev–Trinajstić information content (AvgIpc) is 3.31. The minimum absolute atomic E-state index is 0.351. The van der Waals surface area contributed by atoms with Gasteiger partial charge in [-0.05, 0) is 74.2 Å². The van der Waals surface area contributed by atoms with E-state index < -0.39 is 0 Å². The molecule has 5 rings (SSSR count). The highest BCUT2D eigenvalue weighted by Gasteiger charge is 2.29. The zero-order valence-electron chi connectivity index (χ0n) is 21.8. The first-order valence-corrected chi connectivity index (χ1v) is 14.2. The smallest absolute Gasteiger partial charge is 0.123 e. The quantitative estimate of drug-likeness (QED) is 0.245. The maximum Gasteiger partial charge on any atom is 0.123 e. The van der Waals surface area contributed by atoms with Crippen LogP contribution in [0.3, 0.4) is 0 Å². The van der Waals surface area contributed by atoms with Gasteiger partial charge >= 0.3 is 0 Å². The van der Waals surface area contributed by atoms with Crippen LogP contribution in [0, 0.1) is 11.3 Å². The first-order valence-electron chi connectivity index (χ1n) is 13.0. The molecular weight excluding hydrogens is 510 g/mol. The van der Waals surface area contributed by atoms with Crippen molar-refractivity contribution < 1.29 is 4.74 Å².